The summed E-state index contributed by atoms with van der Waals surface area (Å²) in [4.78, 5) is 6.98. The van der Waals surface area contributed by atoms with Crippen LogP contribution in [-0.2, 0) is 13.1 Å². The van der Waals surface area contributed by atoms with E-state index < -0.39 is 0 Å². The third-order valence-electron chi connectivity index (χ3n) is 6.67. The number of rotatable bonds is 9. The minimum Gasteiger partial charge on any atom is -0.378 e. The van der Waals surface area contributed by atoms with Gasteiger partial charge in [0.15, 0.2) is 0 Å². The predicted molar refractivity (Wildman–Crippen MR) is 185 cm³/mol. The molecule has 0 bridgehead atoms. The lowest BCUT2D eigenvalue weighted by Gasteiger charge is -2.13. The van der Waals surface area contributed by atoms with E-state index in [0.717, 1.165) is 28.1 Å². The fourth-order valence-corrected chi connectivity index (χ4v) is 8.90. The Balaban J connectivity index is 0.000000169. The van der Waals surface area contributed by atoms with Crippen LogP contribution in [0.25, 0.3) is 20.2 Å². The zero-order valence-electron chi connectivity index (χ0n) is 24.1. The number of nitrogens with one attached hydrogen (secondary N) is 2. The van der Waals surface area contributed by atoms with E-state index in [2.05, 4.69) is 89.6 Å². The smallest absolute Gasteiger partial charge is 0.133 e. The van der Waals surface area contributed by atoms with Crippen LogP contribution < -0.4 is 15.5 Å². The molecular weight excluding hydrogens is 598 g/mol. The summed E-state index contributed by atoms with van der Waals surface area (Å²) in [6.45, 7) is 1.71. The van der Waals surface area contributed by atoms with Gasteiger partial charge in [0.1, 0.15) is 5.82 Å². The first-order valence-corrected chi connectivity index (χ1v) is 17.0. The van der Waals surface area contributed by atoms with Crippen molar-refractivity contribution in [1.82, 2.24) is 10.6 Å². The second-order valence-corrected chi connectivity index (χ2v) is 13.9. The van der Waals surface area contributed by atoms with Gasteiger partial charge in [0.25, 0.3) is 0 Å². The van der Waals surface area contributed by atoms with Crippen molar-refractivity contribution in [2.75, 3.05) is 33.1 Å². The zero-order chi connectivity index (χ0) is 29.5. The highest BCUT2D eigenvalue weighted by molar-refractivity contribution is 8.00. The average molecular weight is 632 g/mol. The lowest BCUT2D eigenvalue weighted by atomic mass is 10.2. The number of halogens is 1. The minimum absolute atomic E-state index is 0.141. The first kappa shape index (κ1) is 30.6. The van der Waals surface area contributed by atoms with Gasteiger partial charge in [0.05, 0.1) is 0 Å². The normalized spacial score (nSPS) is 11.1. The van der Waals surface area contributed by atoms with Gasteiger partial charge < -0.3 is 15.5 Å². The van der Waals surface area contributed by atoms with Gasteiger partial charge in [-0.2, -0.15) is 0 Å². The second-order valence-electron chi connectivity index (χ2n) is 9.87. The van der Waals surface area contributed by atoms with Crippen molar-refractivity contribution < 1.29 is 4.39 Å². The van der Waals surface area contributed by atoms with Crippen molar-refractivity contribution in [3.05, 3.63) is 113 Å². The Morgan fingerprint density at radius 3 is 1.90 bits per heavy atom. The molecule has 0 atom stereocenters. The Morgan fingerprint density at radius 1 is 0.667 bits per heavy atom. The lowest BCUT2D eigenvalue weighted by Crippen LogP contribution is -2.07. The highest BCUT2D eigenvalue weighted by Crippen LogP contribution is 2.41. The van der Waals surface area contributed by atoms with E-state index in [1.807, 2.05) is 60.8 Å². The quantitative estimate of drug-likeness (QED) is 0.166. The van der Waals surface area contributed by atoms with Gasteiger partial charge in [0, 0.05) is 83.4 Å². The maximum absolute atomic E-state index is 14.0. The molecule has 0 unspecified atom stereocenters. The zero-order valence-corrected chi connectivity index (χ0v) is 27.4. The van der Waals surface area contributed by atoms with Gasteiger partial charge in [-0.1, -0.05) is 66.0 Å². The first-order chi connectivity index (χ1) is 20.5. The number of thiophene rings is 2. The molecule has 0 amide bonds. The van der Waals surface area contributed by atoms with E-state index in [4.69, 9.17) is 0 Å². The van der Waals surface area contributed by atoms with Crippen LogP contribution in [0.4, 0.5) is 10.1 Å². The lowest BCUT2D eigenvalue weighted by molar-refractivity contribution is 0.638. The summed E-state index contributed by atoms with van der Waals surface area (Å²) in [6, 6.07) is 28.8. The maximum atomic E-state index is 14.0. The molecule has 4 aromatic carbocycles. The van der Waals surface area contributed by atoms with Crippen molar-refractivity contribution >= 4 is 72.1 Å². The molecule has 0 aliphatic heterocycles. The summed E-state index contributed by atoms with van der Waals surface area (Å²) < 4.78 is 16.4. The van der Waals surface area contributed by atoms with Gasteiger partial charge in [-0.25, -0.2) is 4.39 Å². The van der Waals surface area contributed by atoms with Gasteiger partial charge >= 0.3 is 0 Å². The second kappa shape index (κ2) is 14.6. The number of anilines is 1. The van der Waals surface area contributed by atoms with E-state index in [1.165, 1.54) is 47.7 Å². The molecule has 0 saturated carbocycles. The fraction of sp³-hybridized carbons (Fsp3) is 0.176. The number of hydrogen-bond acceptors (Lipinski definition) is 7. The van der Waals surface area contributed by atoms with Crippen LogP contribution >= 0.6 is 46.2 Å². The van der Waals surface area contributed by atoms with E-state index in [1.54, 1.807) is 29.2 Å². The molecule has 6 rings (SSSR count). The Labute approximate surface area is 264 Å². The highest BCUT2D eigenvalue weighted by atomic mass is 32.2. The summed E-state index contributed by atoms with van der Waals surface area (Å²) in [5.74, 6) is -0.141. The third kappa shape index (κ3) is 7.19. The monoisotopic (exact) mass is 631 g/mol. The molecule has 2 heterocycles. The largest absolute Gasteiger partial charge is 0.378 e. The molecule has 42 heavy (non-hydrogen) atoms. The molecule has 0 aliphatic carbocycles. The molecular formula is C34H34FN3S4. The maximum Gasteiger partial charge on any atom is 0.133 e. The van der Waals surface area contributed by atoms with Crippen molar-refractivity contribution in [1.29, 1.82) is 0 Å². The molecule has 2 aromatic heterocycles. The van der Waals surface area contributed by atoms with Gasteiger partial charge in [-0.15, -0.1) is 22.7 Å². The number of nitrogens with zero attached hydrogens (tertiary/aromatic N) is 1. The van der Waals surface area contributed by atoms with E-state index in [0.29, 0.717) is 0 Å². The van der Waals surface area contributed by atoms with Crippen LogP contribution in [0.2, 0.25) is 0 Å². The van der Waals surface area contributed by atoms with Crippen molar-refractivity contribution in [3.63, 3.8) is 0 Å². The highest BCUT2D eigenvalue weighted by Gasteiger charge is 2.12. The summed E-state index contributed by atoms with van der Waals surface area (Å²) in [5.41, 5.74) is 3.82. The van der Waals surface area contributed by atoms with E-state index in [-0.39, 0.29) is 5.82 Å². The molecule has 0 saturated heterocycles. The molecule has 0 radical (unpaired) electrons. The summed E-state index contributed by atoms with van der Waals surface area (Å²) in [7, 11) is 8.09. The predicted octanol–water partition coefficient (Wildman–Crippen LogP) is 9.75. The van der Waals surface area contributed by atoms with Gasteiger partial charge in [-0.3, -0.25) is 0 Å². The van der Waals surface area contributed by atoms with E-state index >= 15 is 0 Å². The van der Waals surface area contributed by atoms with Crippen molar-refractivity contribution in [2.24, 2.45) is 0 Å². The van der Waals surface area contributed by atoms with Crippen molar-refractivity contribution in [3.8, 4) is 0 Å². The molecule has 6 aromatic rings. The summed E-state index contributed by atoms with van der Waals surface area (Å²) >= 11 is 6.91. The Bertz CT molecular complexity index is 1780. The van der Waals surface area contributed by atoms with Crippen molar-refractivity contribution in [2.45, 2.75) is 32.7 Å². The molecule has 8 heteroatoms. The van der Waals surface area contributed by atoms with Crippen LogP contribution in [0.3, 0.4) is 0 Å². The molecule has 2 N–H and O–H groups in total. The Kier molecular flexibility index (Phi) is 10.6. The first-order valence-electron chi connectivity index (χ1n) is 13.6. The van der Waals surface area contributed by atoms with Crippen LogP contribution in [0.15, 0.2) is 115 Å². The van der Waals surface area contributed by atoms with Crippen LogP contribution in [0.5, 0.6) is 0 Å². The average Bonchev–Trinajstić information content (AvgIpc) is 3.60. The van der Waals surface area contributed by atoms with E-state index in [9.17, 15) is 4.39 Å². The standard InChI is InChI=1S/C18H20N2S2.C16H14FNS2/c1-19-11-13-6-4-5-7-16(13)22-18-12-21-17-9-8-14(20(2)3)10-15(17)18;1-18-9-11-5-2-3-7-13(11)20-15-10-19-14-8-4-6-12(17)16(14)15/h4-10,12,19H,11H2,1-3H3;2-8,10,18H,9H2,1H3. The van der Waals surface area contributed by atoms with Crippen LogP contribution in [0, 0.1) is 5.82 Å². The molecule has 0 spiro atoms. The van der Waals surface area contributed by atoms with Gasteiger partial charge in [0.2, 0.25) is 0 Å². The molecule has 0 fully saturated rings. The fourth-order valence-electron chi connectivity index (χ4n) is 4.56. The minimum atomic E-state index is -0.141. The Hall–Kier alpha value is -2.85. The number of benzene rings is 4. The number of fused-ring (bicyclic) bond motifs is 2. The van der Waals surface area contributed by atoms with Gasteiger partial charge in [-0.05, 0) is 67.7 Å². The van der Waals surface area contributed by atoms with Crippen LogP contribution in [-0.4, -0.2) is 28.2 Å². The molecule has 216 valence electrons. The molecule has 0 aliphatic rings. The summed E-state index contributed by atoms with van der Waals surface area (Å²) in [6.07, 6.45) is 0. The molecule has 3 nitrogen and oxygen atoms in total. The Morgan fingerprint density at radius 2 is 1.26 bits per heavy atom. The number of hydrogen-bond donors (Lipinski definition) is 2. The SMILES string of the molecule is CNCc1ccccc1Sc1csc2ccc(N(C)C)cc12.CNCc1ccccc1Sc1csc2cccc(F)c12. The van der Waals surface area contributed by atoms with Crippen LogP contribution in [0.1, 0.15) is 11.1 Å². The summed E-state index contributed by atoms with van der Waals surface area (Å²) in [5, 5.41) is 12.8. The third-order valence-corrected chi connectivity index (χ3v) is 11.2. The topological polar surface area (TPSA) is 27.3 Å².